The molecule has 5 N–H and O–H groups in total. The lowest BCUT2D eigenvalue weighted by Crippen LogP contribution is -2.40. The van der Waals surface area contributed by atoms with E-state index in [9.17, 15) is 4.79 Å². The highest BCUT2D eigenvalue weighted by Crippen LogP contribution is 2.27. The highest BCUT2D eigenvalue weighted by atomic mass is 16.1. The monoisotopic (exact) mass is 316 g/mol. The molecule has 1 saturated heterocycles. The maximum Gasteiger partial charge on any atom is 0.240 e. The number of nitrogens with one attached hydrogen (secondary N) is 1. The molecule has 1 unspecified atom stereocenters. The summed E-state index contributed by atoms with van der Waals surface area (Å²) in [7, 11) is 0. The quantitative estimate of drug-likeness (QED) is 0.776. The van der Waals surface area contributed by atoms with Gasteiger partial charge in [0.15, 0.2) is 0 Å². The molecule has 23 heavy (non-hydrogen) atoms. The minimum Gasteiger partial charge on any atom is -0.385 e. The van der Waals surface area contributed by atoms with Gasteiger partial charge in [0, 0.05) is 30.5 Å². The van der Waals surface area contributed by atoms with Gasteiger partial charge >= 0.3 is 0 Å². The van der Waals surface area contributed by atoms with Crippen molar-refractivity contribution >= 4 is 17.3 Å². The van der Waals surface area contributed by atoms with Gasteiger partial charge in [-0.1, -0.05) is 0 Å². The maximum atomic E-state index is 11.5. The Morgan fingerprint density at radius 1 is 1.13 bits per heavy atom. The number of primary amides is 1. The summed E-state index contributed by atoms with van der Waals surface area (Å²) in [5.41, 5.74) is 13.7. The SMILES string of the molecule is NC(=O)C1CCCN1c1ccc(NCC2CCC(N)CC2)cc1. The van der Waals surface area contributed by atoms with Crippen LogP contribution in [0.5, 0.6) is 0 Å². The van der Waals surface area contributed by atoms with Crippen molar-refractivity contribution < 1.29 is 4.79 Å². The molecule has 1 aliphatic heterocycles. The molecule has 5 nitrogen and oxygen atoms in total. The highest BCUT2D eigenvalue weighted by Gasteiger charge is 2.29. The van der Waals surface area contributed by atoms with Gasteiger partial charge in [-0.3, -0.25) is 4.79 Å². The van der Waals surface area contributed by atoms with Crippen LogP contribution in [0.15, 0.2) is 24.3 Å². The first-order valence-corrected chi connectivity index (χ1v) is 8.79. The number of carbonyl (C=O) groups is 1. The van der Waals surface area contributed by atoms with E-state index in [-0.39, 0.29) is 11.9 Å². The molecule has 0 aromatic heterocycles. The molecule has 1 aliphatic carbocycles. The van der Waals surface area contributed by atoms with E-state index >= 15 is 0 Å². The Morgan fingerprint density at radius 3 is 2.48 bits per heavy atom. The van der Waals surface area contributed by atoms with Crippen LogP contribution in [0.4, 0.5) is 11.4 Å². The number of nitrogens with two attached hydrogens (primary N) is 2. The fourth-order valence-electron chi connectivity index (χ4n) is 3.80. The molecule has 5 heteroatoms. The lowest BCUT2D eigenvalue weighted by atomic mass is 9.86. The van der Waals surface area contributed by atoms with Gasteiger partial charge in [-0.15, -0.1) is 0 Å². The van der Waals surface area contributed by atoms with Gasteiger partial charge in [-0.25, -0.2) is 0 Å². The summed E-state index contributed by atoms with van der Waals surface area (Å²) in [6, 6.07) is 8.62. The van der Waals surface area contributed by atoms with Gasteiger partial charge in [0.2, 0.25) is 5.91 Å². The number of nitrogens with zero attached hydrogens (tertiary/aromatic N) is 1. The van der Waals surface area contributed by atoms with Crippen LogP contribution in [-0.4, -0.2) is 31.1 Å². The third-order valence-electron chi connectivity index (χ3n) is 5.27. The second-order valence-corrected chi connectivity index (χ2v) is 6.96. The van der Waals surface area contributed by atoms with E-state index in [1.54, 1.807) is 0 Å². The zero-order valence-corrected chi connectivity index (χ0v) is 13.7. The Kier molecular flexibility index (Phi) is 5.06. The van der Waals surface area contributed by atoms with Crippen molar-refractivity contribution in [2.75, 3.05) is 23.3 Å². The van der Waals surface area contributed by atoms with Gasteiger partial charge in [0.25, 0.3) is 0 Å². The van der Waals surface area contributed by atoms with Gasteiger partial charge in [-0.2, -0.15) is 0 Å². The van der Waals surface area contributed by atoms with Crippen molar-refractivity contribution in [1.82, 2.24) is 0 Å². The minimum absolute atomic E-state index is 0.153. The van der Waals surface area contributed by atoms with E-state index in [4.69, 9.17) is 11.5 Å². The lowest BCUT2D eigenvalue weighted by molar-refractivity contribution is -0.119. The lowest BCUT2D eigenvalue weighted by Gasteiger charge is -2.27. The molecule has 1 saturated carbocycles. The van der Waals surface area contributed by atoms with Crippen LogP contribution in [0.1, 0.15) is 38.5 Å². The summed E-state index contributed by atoms with van der Waals surface area (Å²) in [4.78, 5) is 13.6. The van der Waals surface area contributed by atoms with E-state index < -0.39 is 0 Å². The Labute approximate surface area is 138 Å². The first kappa shape index (κ1) is 16.1. The Hall–Kier alpha value is -1.75. The number of benzene rings is 1. The summed E-state index contributed by atoms with van der Waals surface area (Å²) < 4.78 is 0. The number of hydrogen-bond acceptors (Lipinski definition) is 4. The van der Waals surface area contributed by atoms with E-state index in [2.05, 4.69) is 34.5 Å². The molecular formula is C18H28N4O. The normalized spacial score (nSPS) is 27.9. The molecule has 126 valence electrons. The van der Waals surface area contributed by atoms with Gasteiger partial charge in [0.05, 0.1) is 0 Å². The largest absolute Gasteiger partial charge is 0.385 e. The maximum absolute atomic E-state index is 11.5. The van der Waals surface area contributed by atoms with Crippen molar-refractivity contribution in [3.8, 4) is 0 Å². The first-order valence-electron chi connectivity index (χ1n) is 8.79. The van der Waals surface area contributed by atoms with Crippen molar-refractivity contribution in [2.45, 2.75) is 50.6 Å². The van der Waals surface area contributed by atoms with E-state index in [1.165, 1.54) is 12.8 Å². The molecule has 3 rings (SSSR count). The van der Waals surface area contributed by atoms with Crippen LogP contribution in [0, 0.1) is 5.92 Å². The molecule has 0 spiro atoms. The van der Waals surface area contributed by atoms with Crippen LogP contribution >= 0.6 is 0 Å². The smallest absolute Gasteiger partial charge is 0.240 e. The van der Waals surface area contributed by atoms with Gasteiger partial charge in [-0.05, 0) is 68.7 Å². The van der Waals surface area contributed by atoms with Crippen LogP contribution in [0.3, 0.4) is 0 Å². The summed E-state index contributed by atoms with van der Waals surface area (Å²) >= 11 is 0. The van der Waals surface area contributed by atoms with Crippen molar-refractivity contribution in [1.29, 1.82) is 0 Å². The van der Waals surface area contributed by atoms with E-state index in [0.29, 0.717) is 6.04 Å². The first-order chi connectivity index (χ1) is 11.1. The molecule has 1 aromatic carbocycles. The number of carbonyl (C=O) groups excluding carboxylic acids is 1. The fourth-order valence-corrected chi connectivity index (χ4v) is 3.80. The molecule has 1 amide bonds. The van der Waals surface area contributed by atoms with Crippen molar-refractivity contribution in [3.05, 3.63) is 24.3 Å². The van der Waals surface area contributed by atoms with E-state index in [0.717, 1.165) is 56.1 Å². The molecule has 0 radical (unpaired) electrons. The van der Waals surface area contributed by atoms with Crippen LogP contribution in [0.2, 0.25) is 0 Å². The van der Waals surface area contributed by atoms with Crippen molar-refractivity contribution in [2.24, 2.45) is 17.4 Å². The molecule has 2 aliphatic rings. The molecule has 0 bridgehead atoms. The standard InChI is InChI=1S/C18H28N4O/c19-14-5-3-13(4-6-14)12-21-15-7-9-16(10-8-15)22-11-1-2-17(22)18(20)23/h7-10,13-14,17,21H,1-6,11-12,19H2,(H2,20,23). The van der Waals surface area contributed by atoms with Crippen LogP contribution in [-0.2, 0) is 4.79 Å². The van der Waals surface area contributed by atoms with Gasteiger partial charge < -0.3 is 21.7 Å². The average Bonchev–Trinajstić information content (AvgIpc) is 3.05. The Morgan fingerprint density at radius 2 is 1.83 bits per heavy atom. The average molecular weight is 316 g/mol. The fraction of sp³-hybridized carbons (Fsp3) is 0.611. The number of hydrogen-bond donors (Lipinski definition) is 3. The topological polar surface area (TPSA) is 84.4 Å². The predicted octanol–water partition coefficient (Wildman–Crippen LogP) is 2.07. The summed E-state index contributed by atoms with van der Waals surface area (Å²) in [5, 5.41) is 3.53. The summed E-state index contributed by atoms with van der Waals surface area (Å²) in [6.45, 7) is 1.92. The minimum atomic E-state index is -0.222. The Bertz CT molecular complexity index is 522. The van der Waals surface area contributed by atoms with Crippen LogP contribution < -0.4 is 21.7 Å². The number of rotatable bonds is 5. The summed E-state index contributed by atoms with van der Waals surface area (Å²) in [5.74, 6) is 0.507. The highest BCUT2D eigenvalue weighted by molar-refractivity contribution is 5.84. The molecule has 2 fully saturated rings. The molecular weight excluding hydrogens is 288 g/mol. The third-order valence-corrected chi connectivity index (χ3v) is 5.27. The van der Waals surface area contributed by atoms with Gasteiger partial charge in [0.1, 0.15) is 6.04 Å². The van der Waals surface area contributed by atoms with Crippen LogP contribution in [0.25, 0.3) is 0 Å². The van der Waals surface area contributed by atoms with Crippen molar-refractivity contribution in [3.63, 3.8) is 0 Å². The number of anilines is 2. The predicted molar refractivity (Wildman–Crippen MR) is 94.4 cm³/mol. The second-order valence-electron chi connectivity index (χ2n) is 6.96. The van der Waals surface area contributed by atoms with E-state index in [1.807, 2.05) is 0 Å². The zero-order valence-electron chi connectivity index (χ0n) is 13.7. The third kappa shape index (κ3) is 3.96. The molecule has 1 aromatic rings. The molecule has 1 atom stereocenters. The second kappa shape index (κ2) is 7.21. The molecule has 1 heterocycles. The zero-order chi connectivity index (χ0) is 16.2. The summed E-state index contributed by atoms with van der Waals surface area (Å²) in [6.07, 6.45) is 6.63. The number of amides is 1. The Balaban J connectivity index is 1.54.